The van der Waals surface area contributed by atoms with Gasteiger partial charge in [-0.3, -0.25) is 4.79 Å². The normalized spacial score (nSPS) is 11.1. The minimum Gasteiger partial charge on any atom is -0.403 e. The Kier molecular flexibility index (Phi) is 4.54. The number of halogens is 4. The molecule has 1 aromatic carbocycles. The summed E-state index contributed by atoms with van der Waals surface area (Å²) in [7, 11) is 0. The lowest BCUT2D eigenvalue weighted by Gasteiger charge is -2.11. The van der Waals surface area contributed by atoms with Crippen LogP contribution in [0.2, 0.25) is 0 Å². The number of ether oxygens (including phenoxy) is 1. The molecule has 0 unspecified atom stereocenters. The molecule has 1 aromatic heterocycles. The smallest absolute Gasteiger partial charge is 0.403 e. The molecule has 1 heterocycles. The fourth-order valence-corrected chi connectivity index (χ4v) is 1.56. The van der Waals surface area contributed by atoms with Gasteiger partial charge in [-0.15, -0.1) is 13.2 Å². The molecule has 2 aromatic rings. The van der Waals surface area contributed by atoms with Gasteiger partial charge in [0.1, 0.15) is 12.0 Å². The highest BCUT2D eigenvalue weighted by molar-refractivity contribution is 5.91. The maximum absolute atomic E-state index is 13.5. The van der Waals surface area contributed by atoms with Crippen molar-refractivity contribution in [1.29, 1.82) is 0 Å². The molecule has 1 N–H and O–H groups in total. The number of rotatable bonds is 4. The zero-order chi connectivity index (χ0) is 16.2. The van der Waals surface area contributed by atoms with Crippen LogP contribution >= 0.6 is 0 Å². The maximum atomic E-state index is 13.5. The second kappa shape index (κ2) is 6.37. The molecule has 9 heteroatoms. The van der Waals surface area contributed by atoms with Crippen molar-refractivity contribution in [3.8, 4) is 5.75 Å². The second-order valence-electron chi connectivity index (χ2n) is 4.09. The first-order valence-corrected chi connectivity index (χ1v) is 5.93. The fourth-order valence-electron chi connectivity index (χ4n) is 1.56. The molecule has 0 aliphatic carbocycles. The Labute approximate surface area is 122 Å². The summed E-state index contributed by atoms with van der Waals surface area (Å²) in [5, 5.41) is 2.45. The lowest BCUT2D eigenvalue weighted by atomic mass is 10.2. The summed E-state index contributed by atoms with van der Waals surface area (Å²) >= 11 is 0. The molecule has 0 atom stereocenters. The van der Waals surface area contributed by atoms with Gasteiger partial charge in [-0.2, -0.15) is 0 Å². The third-order valence-corrected chi connectivity index (χ3v) is 2.49. The SMILES string of the molecule is O=C(NCc1ccc(OC(F)(F)F)c(F)c1)c1ccncn1. The van der Waals surface area contributed by atoms with Gasteiger partial charge in [-0.05, 0) is 23.8 Å². The molecule has 0 saturated carbocycles. The van der Waals surface area contributed by atoms with E-state index in [2.05, 4.69) is 20.0 Å². The predicted octanol–water partition coefficient (Wildman–Crippen LogP) is 2.44. The van der Waals surface area contributed by atoms with Gasteiger partial charge >= 0.3 is 6.36 Å². The van der Waals surface area contributed by atoms with Gasteiger partial charge in [-0.25, -0.2) is 14.4 Å². The number of carbonyl (C=O) groups is 1. The van der Waals surface area contributed by atoms with Gasteiger partial charge in [0.25, 0.3) is 5.91 Å². The fraction of sp³-hybridized carbons (Fsp3) is 0.154. The van der Waals surface area contributed by atoms with E-state index in [0.29, 0.717) is 0 Å². The van der Waals surface area contributed by atoms with Crippen LogP contribution in [-0.2, 0) is 6.54 Å². The molecule has 2 rings (SSSR count). The Balaban J connectivity index is 1.99. The van der Waals surface area contributed by atoms with Crippen molar-refractivity contribution in [2.24, 2.45) is 0 Å². The zero-order valence-electron chi connectivity index (χ0n) is 10.9. The summed E-state index contributed by atoms with van der Waals surface area (Å²) in [6, 6.07) is 4.29. The molecule has 0 bridgehead atoms. The molecule has 1 amide bonds. The number of carbonyl (C=O) groups excluding carboxylic acids is 1. The van der Waals surface area contributed by atoms with Crippen molar-refractivity contribution in [3.05, 3.63) is 53.9 Å². The van der Waals surface area contributed by atoms with E-state index in [9.17, 15) is 22.4 Å². The second-order valence-corrected chi connectivity index (χ2v) is 4.09. The van der Waals surface area contributed by atoms with Crippen molar-refractivity contribution in [2.45, 2.75) is 12.9 Å². The average molecular weight is 315 g/mol. The van der Waals surface area contributed by atoms with Gasteiger partial charge < -0.3 is 10.1 Å². The first-order chi connectivity index (χ1) is 10.3. The molecule has 0 fully saturated rings. The van der Waals surface area contributed by atoms with Crippen LogP contribution < -0.4 is 10.1 Å². The van der Waals surface area contributed by atoms with Crippen molar-refractivity contribution in [1.82, 2.24) is 15.3 Å². The molecule has 0 saturated heterocycles. The summed E-state index contributed by atoms with van der Waals surface area (Å²) in [5.74, 6) is -2.62. The van der Waals surface area contributed by atoms with E-state index in [1.54, 1.807) is 0 Å². The maximum Gasteiger partial charge on any atom is 0.573 e. The van der Waals surface area contributed by atoms with Crippen molar-refractivity contribution in [2.75, 3.05) is 0 Å². The summed E-state index contributed by atoms with van der Waals surface area (Å²) < 4.78 is 53.0. The first kappa shape index (κ1) is 15.7. The van der Waals surface area contributed by atoms with Gasteiger partial charge in [0.15, 0.2) is 11.6 Å². The van der Waals surface area contributed by atoms with Crippen LogP contribution in [0.4, 0.5) is 17.6 Å². The lowest BCUT2D eigenvalue weighted by molar-refractivity contribution is -0.275. The van der Waals surface area contributed by atoms with Gasteiger partial charge in [0.05, 0.1) is 0 Å². The lowest BCUT2D eigenvalue weighted by Crippen LogP contribution is -2.24. The van der Waals surface area contributed by atoms with Crippen molar-refractivity contribution >= 4 is 5.91 Å². The largest absolute Gasteiger partial charge is 0.573 e. The van der Waals surface area contributed by atoms with E-state index in [4.69, 9.17) is 0 Å². The summed E-state index contributed by atoms with van der Waals surface area (Å²) in [5.41, 5.74) is 0.391. The van der Waals surface area contributed by atoms with Crippen LogP contribution in [0.5, 0.6) is 5.75 Å². The minimum absolute atomic E-state index is 0.0773. The summed E-state index contributed by atoms with van der Waals surface area (Å²) in [4.78, 5) is 19.1. The standard InChI is InChI=1S/C13H9F4N3O2/c14-9-5-8(1-2-11(9)22-13(15,16)17)6-19-12(21)10-3-4-18-7-20-10/h1-5,7H,6H2,(H,19,21). The van der Waals surface area contributed by atoms with Crippen LogP contribution in [0.15, 0.2) is 36.8 Å². The number of aromatic nitrogens is 2. The number of nitrogens with one attached hydrogen (secondary N) is 1. The average Bonchev–Trinajstić information content (AvgIpc) is 2.47. The highest BCUT2D eigenvalue weighted by Crippen LogP contribution is 2.26. The number of benzene rings is 1. The summed E-state index contributed by atoms with van der Waals surface area (Å²) in [6.07, 6.45) is -2.40. The Bertz CT molecular complexity index is 662. The molecule has 0 aliphatic rings. The van der Waals surface area contributed by atoms with Gasteiger partial charge in [0, 0.05) is 12.7 Å². The Hall–Kier alpha value is -2.71. The number of nitrogens with zero attached hydrogens (tertiary/aromatic N) is 2. The van der Waals surface area contributed by atoms with Crippen LogP contribution in [0.1, 0.15) is 16.1 Å². The Morgan fingerprint density at radius 3 is 2.64 bits per heavy atom. The van der Waals surface area contributed by atoms with E-state index < -0.39 is 23.8 Å². The molecule has 0 radical (unpaired) electrons. The van der Waals surface area contributed by atoms with Gasteiger partial charge in [0.2, 0.25) is 0 Å². The highest BCUT2D eigenvalue weighted by atomic mass is 19.4. The first-order valence-electron chi connectivity index (χ1n) is 5.93. The minimum atomic E-state index is -4.97. The zero-order valence-corrected chi connectivity index (χ0v) is 10.9. The molecular formula is C13H9F4N3O2. The topological polar surface area (TPSA) is 64.1 Å². The molecule has 0 spiro atoms. The van der Waals surface area contributed by atoms with E-state index in [1.165, 1.54) is 24.7 Å². The Morgan fingerprint density at radius 1 is 1.27 bits per heavy atom. The third-order valence-electron chi connectivity index (χ3n) is 2.49. The molecule has 22 heavy (non-hydrogen) atoms. The van der Waals surface area contributed by atoms with E-state index >= 15 is 0 Å². The monoisotopic (exact) mass is 315 g/mol. The molecule has 5 nitrogen and oxygen atoms in total. The Morgan fingerprint density at radius 2 is 2.05 bits per heavy atom. The van der Waals surface area contributed by atoms with E-state index in [-0.39, 0.29) is 17.8 Å². The predicted molar refractivity (Wildman–Crippen MR) is 66.3 cm³/mol. The van der Waals surface area contributed by atoms with Crippen molar-refractivity contribution < 1.29 is 27.1 Å². The van der Waals surface area contributed by atoms with Gasteiger partial charge in [-0.1, -0.05) is 6.07 Å². The number of amides is 1. The molecular weight excluding hydrogens is 306 g/mol. The van der Waals surface area contributed by atoms with Crippen molar-refractivity contribution in [3.63, 3.8) is 0 Å². The van der Waals surface area contributed by atoms with Crippen LogP contribution in [0.25, 0.3) is 0 Å². The number of hydrogen-bond donors (Lipinski definition) is 1. The third kappa shape index (κ3) is 4.40. The van der Waals surface area contributed by atoms with Crippen LogP contribution in [0.3, 0.4) is 0 Å². The van der Waals surface area contributed by atoms with Crippen LogP contribution in [0, 0.1) is 5.82 Å². The van der Waals surface area contributed by atoms with E-state index in [1.807, 2.05) is 0 Å². The quantitative estimate of drug-likeness (QED) is 0.880. The molecule has 116 valence electrons. The summed E-state index contributed by atoms with van der Waals surface area (Å²) in [6.45, 7) is -0.0773. The van der Waals surface area contributed by atoms with E-state index in [0.717, 1.165) is 12.1 Å². The number of alkyl halides is 3. The van der Waals surface area contributed by atoms with Crippen LogP contribution in [-0.4, -0.2) is 22.2 Å². The highest BCUT2D eigenvalue weighted by Gasteiger charge is 2.32. The number of hydrogen-bond acceptors (Lipinski definition) is 4. The molecule has 0 aliphatic heterocycles.